The van der Waals surface area contributed by atoms with Gasteiger partial charge in [-0.1, -0.05) is 42.8 Å². The van der Waals surface area contributed by atoms with Crippen molar-refractivity contribution >= 4 is 47.1 Å². The summed E-state index contributed by atoms with van der Waals surface area (Å²) >= 11 is 7.93. The van der Waals surface area contributed by atoms with Crippen LogP contribution in [0.3, 0.4) is 0 Å². The maximum absolute atomic E-state index is 13.3. The number of rotatable bonds is 11. The third kappa shape index (κ3) is 8.48. The molecule has 0 saturated carbocycles. The fraction of sp³-hybridized carbons (Fsp3) is 0.222. The SMILES string of the molecule is CCN(C)CCSCc1ccc(C(=O)Nc2ccc(Cl)cc2C(=O)NN=Cc2cccc(F)c2)cc1. The van der Waals surface area contributed by atoms with Crippen LogP contribution in [0.2, 0.25) is 5.02 Å². The number of amides is 2. The first-order valence-electron chi connectivity index (χ1n) is 11.4. The van der Waals surface area contributed by atoms with E-state index in [-0.39, 0.29) is 11.5 Å². The van der Waals surface area contributed by atoms with E-state index in [0.717, 1.165) is 30.2 Å². The highest BCUT2D eigenvalue weighted by Gasteiger charge is 2.15. The van der Waals surface area contributed by atoms with Crippen molar-refractivity contribution < 1.29 is 14.0 Å². The third-order valence-corrected chi connectivity index (χ3v) is 6.59. The van der Waals surface area contributed by atoms with E-state index in [1.807, 2.05) is 23.9 Å². The van der Waals surface area contributed by atoms with E-state index in [1.54, 1.807) is 36.4 Å². The second-order valence-electron chi connectivity index (χ2n) is 8.04. The molecule has 0 aliphatic rings. The average molecular weight is 527 g/mol. The van der Waals surface area contributed by atoms with Gasteiger partial charge in [0, 0.05) is 28.6 Å². The summed E-state index contributed by atoms with van der Waals surface area (Å²) in [6.07, 6.45) is 1.33. The summed E-state index contributed by atoms with van der Waals surface area (Å²) < 4.78 is 13.3. The molecule has 0 atom stereocenters. The van der Waals surface area contributed by atoms with Gasteiger partial charge in [-0.2, -0.15) is 16.9 Å². The number of nitrogens with zero attached hydrogens (tertiary/aromatic N) is 2. The zero-order valence-corrected chi connectivity index (χ0v) is 21.7. The number of anilines is 1. The highest BCUT2D eigenvalue weighted by atomic mass is 35.5. The van der Waals surface area contributed by atoms with Crippen molar-refractivity contribution in [2.75, 3.05) is 31.2 Å². The van der Waals surface area contributed by atoms with Gasteiger partial charge in [-0.15, -0.1) is 0 Å². The number of hydrazone groups is 1. The Balaban J connectivity index is 1.61. The topological polar surface area (TPSA) is 73.8 Å². The maximum atomic E-state index is 13.3. The Hall–Kier alpha value is -3.20. The Morgan fingerprint density at radius 2 is 1.86 bits per heavy atom. The second kappa shape index (κ2) is 13.8. The van der Waals surface area contributed by atoms with Gasteiger partial charge in [-0.3, -0.25) is 9.59 Å². The molecular weight excluding hydrogens is 499 g/mol. The summed E-state index contributed by atoms with van der Waals surface area (Å²) in [7, 11) is 2.10. The Morgan fingerprint density at radius 1 is 1.08 bits per heavy atom. The maximum Gasteiger partial charge on any atom is 0.273 e. The lowest BCUT2D eigenvalue weighted by atomic mass is 10.1. The summed E-state index contributed by atoms with van der Waals surface area (Å²) in [5, 5.41) is 6.97. The lowest BCUT2D eigenvalue weighted by molar-refractivity contribution is 0.0956. The molecule has 0 fully saturated rings. The fourth-order valence-electron chi connectivity index (χ4n) is 3.14. The van der Waals surface area contributed by atoms with E-state index in [4.69, 9.17) is 11.6 Å². The van der Waals surface area contributed by atoms with Crippen LogP contribution < -0.4 is 10.7 Å². The van der Waals surface area contributed by atoms with Crippen LogP contribution in [0, 0.1) is 5.82 Å². The minimum absolute atomic E-state index is 0.150. The number of hydrogen-bond donors (Lipinski definition) is 2. The van der Waals surface area contributed by atoms with E-state index >= 15 is 0 Å². The quantitative estimate of drug-likeness (QED) is 0.191. The van der Waals surface area contributed by atoms with E-state index in [1.165, 1.54) is 24.4 Å². The summed E-state index contributed by atoms with van der Waals surface area (Å²) in [5.41, 5.74) is 4.93. The van der Waals surface area contributed by atoms with Crippen LogP contribution in [0.15, 0.2) is 71.8 Å². The van der Waals surface area contributed by atoms with Gasteiger partial charge in [-0.05, 0) is 67.2 Å². The number of thioether (sulfide) groups is 1. The van der Waals surface area contributed by atoms with Crippen LogP contribution in [0.1, 0.15) is 38.8 Å². The van der Waals surface area contributed by atoms with Gasteiger partial charge in [0.25, 0.3) is 11.8 Å². The lowest BCUT2D eigenvalue weighted by Gasteiger charge is -2.13. The number of carbonyl (C=O) groups is 2. The zero-order chi connectivity index (χ0) is 25.9. The molecule has 0 aliphatic heterocycles. The van der Waals surface area contributed by atoms with Crippen LogP contribution in [0.5, 0.6) is 0 Å². The molecule has 2 amide bonds. The van der Waals surface area contributed by atoms with Crippen molar-refractivity contribution in [1.82, 2.24) is 10.3 Å². The van der Waals surface area contributed by atoms with Crippen LogP contribution in [0.25, 0.3) is 0 Å². The molecule has 0 bridgehead atoms. The highest BCUT2D eigenvalue weighted by molar-refractivity contribution is 7.98. The van der Waals surface area contributed by atoms with Crippen LogP contribution in [-0.2, 0) is 5.75 Å². The summed E-state index contributed by atoms with van der Waals surface area (Å²) in [5.74, 6) is 0.592. The van der Waals surface area contributed by atoms with Crippen molar-refractivity contribution in [2.45, 2.75) is 12.7 Å². The van der Waals surface area contributed by atoms with Crippen LogP contribution in [-0.4, -0.2) is 48.8 Å². The molecule has 2 N–H and O–H groups in total. The predicted molar refractivity (Wildman–Crippen MR) is 147 cm³/mol. The Morgan fingerprint density at radius 3 is 2.58 bits per heavy atom. The lowest BCUT2D eigenvalue weighted by Crippen LogP contribution is -2.21. The third-order valence-electron chi connectivity index (χ3n) is 5.34. The first kappa shape index (κ1) is 27.4. The number of benzene rings is 3. The van der Waals surface area contributed by atoms with Gasteiger partial charge >= 0.3 is 0 Å². The monoisotopic (exact) mass is 526 g/mol. The molecular formula is C27H28ClFN4O2S. The molecule has 3 aromatic carbocycles. The largest absolute Gasteiger partial charge is 0.321 e. The van der Waals surface area contributed by atoms with E-state index in [0.29, 0.717) is 21.8 Å². The number of hydrogen-bond acceptors (Lipinski definition) is 5. The van der Waals surface area contributed by atoms with Gasteiger partial charge < -0.3 is 10.2 Å². The second-order valence-corrected chi connectivity index (χ2v) is 9.59. The van der Waals surface area contributed by atoms with Crippen molar-refractivity contribution in [3.05, 3.63) is 99.8 Å². The molecule has 0 radical (unpaired) electrons. The van der Waals surface area contributed by atoms with E-state index < -0.39 is 11.7 Å². The zero-order valence-electron chi connectivity index (χ0n) is 20.1. The number of carbonyl (C=O) groups excluding carboxylic acids is 2. The van der Waals surface area contributed by atoms with Gasteiger partial charge in [0.15, 0.2) is 0 Å². The van der Waals surface area contributed by atoms with Gasteiger partial charge in [0.1, 0.15) is 5.82 Å². The van der Waals surface area contributed by atoms with Crippen molar-refractivity contribution in [3.8, 4) is 0 Å². The fourth-order valence-corrected chi connectivity index (χ4v) is 4.33. The summed E-state index contributed by atoms with van der Waals surface area (Å²) in [6, 6.07) is 17.8. The Labute approximate surface area is 219 Å². The molecule has 36 heavy (non-hydrogen) atoms. The first-order valence-corrected chi connectivity index (χ1v) is 12.9. The predicted octanol–water partition coefficient (Wildman–Crippen LogP) is 5.68. The number of nitrogens with one attached hydrogen (secondary N) is 2. The van der Waals surface area contributed by atoms with Crippen molar-refractivity contribution in [1.29, 1.82) is 0 Å². The minimum atomic E-state index is -0.568. The van der Waals surface area contributed by atoms with E-state index in [9.17, 15) is 14.0 Å². The summed E-state index contributed by atoms with van der Waals surface area (Å²) in [6.45, 7) is 4.20. The summed E-state index contributed by atoms with van der Waals surface area (Å²) in [4.78, 5) is 27.8. The number of halogens is 2. The van der Waals surface area contributed by atoms with Crippen LogP contribution in [0.4, 0.5) is 10.1 Å². The Bertz CT molecular complexity index is 1220. The van der Waals surface area contributed by atoms with Gasteiger partial charge in [-0.25, -0.2) is 9.82 Å². The van der Waals surface area contributed by atoms with Crippen molar-refractivity contribution in [3.63, 3.8) is 0 Å². The molecule has 0 aromatic heterocycles. The van der Waals surface area contributed by atoms with Gasteiger partial charge in [0.2, 0.25) is 0 Å². The molecule has 0 saturated heterocycles. The molecule has 0 unspecified atom stereocenters. The van der Waals surface area contributed by atoms with Gasteiger partial charge in [0.05, 0.1) is 17.5 Å². The molecule has 188 valence electrons. The average Bonchev–Trinajstić information content (AvgIpc) is 2.87. The molecule has 9 heteroatoms. The van der Waals surface area contributed by atoms with Crippen LogP contribution >= 0.6 is 23.4 Å². The smallest absolute Gasteiger partial charge is 0.273 e. The molecule has 3 rings (SSSR count). The Kier molecular flexibility index (Phi) is 10.5. The molecule has 0 heterocycles. The van der Waals surface area contributed by atoms with E-state index in [2.05, 4.69) is 34.7 Å². The minimum Gasteiger partial charge on any atom is -0.321 e. The molecule has 0 spiro atoms. The first-order chi connectivity index (χ1) is 17.4. The highest BCUT2D eigenvalue weighted by Crippen LogP contribution is 2.22. The normalized spacial score (nSPS) is 11.1. The standard InChI is InChI=1S/C27H28ClFN4O2S/c1-3-33(2)13-14-36-18-19-7-9-21(10-8-19)26(34)31-25-12-11-22(28)16-24(25)27(35)32-30-17-20-5-4-6-23(29)15-20/h4-12,15-17H,3,13-14,18H2,1-2H3,(H,31,34)(H,32,35). The van der Waals surface area contributed by atoms with Crippen molar-refractivity contribution in [2.24, 2.45) is 5.10 Å². The molecule has 0 aliphatic carbocycles. The molecule has 6 nitrogen and oxygen atoms in total. The molecule has 3 aromatic rings.